The summed E-state index contributed by atoms with van der Waals surface area (Å²) in [5.74, 6) is -0.947. The van der Waals surface area contributed by atoms with Gasteiger partial charge in [0, 0.05) is 6.92 Å². The summed E-state index contributed by atoms with van der Waals surface area (Å²) in [6.07, 6.45) is 2.87. The highest BCUT2D eigenvalue weighted by Gasteiger charge is 2.40. The van der Waals surface area contributed by atoms with Gasteiger partial charge >= 0.3 is 5.97 Å². The Kier molecular flexibility index (Phi) is 3.40. The van der Waals surface area contributed by atoms with Crippen molar-refractivity contribution >= 4 is 5.97 Å². The summed E-state index contributed by atoms with van der Waals surface area (Å²) < 4.78 is 22.0. The van der Waals surface area contributed by atoms with Crippen LogP contribution in [0.2, 0.25) is 0 Å². The predicted octanol–water partition coefficient (Wildman–Crippen LogP) is 1.23. The molecule has 0 aliphatic carbocycles. The lowest BCUT2D eigenvalue weighted by Crippen LogP contribution is -2.41. The quantitative estimate of drug-likeness (QED) is 0.647. The van der Waals surface area contributed by atoms with E-state index in [0.29, 0.717) is 13.2 Å². The molecule has 2 heterocycles. The van der Waals surface area contributed by atoms with Gasteiger partial charge in [0.2, 0.25) is 0 Å². The Balaban J connectivity index is 2.09. The van der Waals surface area contributed by atoms with Gasteiger partial charge in [0.1, 0.15) is 12.2 Å². The van der Waals surface area contributed by atoms with Crippen molar-refractivity contribution in [1.82, 2.24) is 0 Å². The maximum absolute atomic E-state index is 11.0. The molecular weight excluding hydrogens is 224 g/mol. The molecular formula is C12H18O5. The Morgan fingerprint density at radius 2 is 2.06 bits per heavy atom. The molecule has 0 saturated carbocycles. The fourth-order valence-electron chi connectivity index (χ4n) is 1.98. The van der Waals surface area contributed by atoms with Crippen molar-refractivity contribution in [3.05, 3.63) is 12.3 Å². The van der Waals surface area contributed by atoms with Crippen LogP contribution in [0.5, 0.6) is 0 Å². The van der Waals surface area contributed by atoms with Crippen LogP contribution in [-0.4, -0.2) is 37.2 Å². The number of hydrogen-bond donors (Lipinski definition) is 0. The molecule has 2 aliphatic heterocycles. The lowest BCUT2D eigenvalue weighted by Gasteiger charge is -2.31. The maximum atomic E-state index is 11.0. The number of esters is 1. The van der Waals surface area contributed by atoms with E-state index < -0.39 is 5.79 Å². The number of ether oxygens (including phenoxy) is 4. The van der Waals surface area contributed by atoms with Crippen LogP contribution in [0, 0.1) is 5.92 Å². The second kappa shape index (κ2) is 4.66. The first-order chi connectivity index (χ1) is 7.98. The molecule has 0 spiro atoms. The molecule has 5 nitrogen and oxygen atoms in total. The summed E-state index contributed by atoms with van der Waals surface area (Å²) in [5, 5.41) is 0. The largest absolute Gasteiger partial charge is 0.495 e. The summed E-state index contributed by atoms with van der Waals surface area (Å²) in [6.45, 7) is 5.99. The van der Waals surface area contributed by atoms with Gasteiger partial charge in [0.15, 0.2) is 5.79 Å². The van der Waals surface area contributed by atoms with Gasteiger partial charge in [-0.2, -0.15) is 0 Å². The first-order valence-corrected chi connectivity index (χ1v) is 5.75. The zero-order chi connectivity index (χ0) is 12.5. The molecule has 3 atom stereocenters. The van der Waals surface area contributed by atoms with Gasteiger partial charge in [-0.25, -0.2) is 0 Å². The van der Waals surface area contributed by atoms with Gasteiger partial charge in [0.25, 0.3) is 0 Å². The van der Waals surface area contributed by atoms with E-state index in [4.69, 9.17) is 18.9 Å². The SMILES string of the molecule is CC(=O)O[C@@H]1C=CO[C@H]2COC(C)(C)OC[C@@H]21. The van der Waals surface area contributed by atoms with Crippen molar-refractivity contribution in [3.63, 3.8) is 0 Å². The van der Waals surface area contributed by atoms with Crippen LogP contribution in [0.4, 0.5) is 0 Å². The summed E-state index contributed by atoms with van der Waals surface area (Å²) in [6, 6.07) is 0. The van der Waals surface area contributed by atoms with E-state index in [-0.39, 0.29) is 24.1 Å². The van der Waals surface area contributed by atoms with Crippen LogP contribution in [0.15, 0.2) is 12.3 Å². The van der Waals surface area contributed by atoms with Crippen LogP contribution in [0.25, 0.3) is 0 Å². The van der Waals surface area contributed by atoms with E-state index in [1.54, 1.807) is 12.3 Å². The average molecular weight is 242 g/mol. The van der Waals surface area contributed by atoms with Crippen molar-refractivity contribution in [2.75, 3.05) is 13.2 Å². The third-order valence-corrected chi connectivity index (χ3v) is 2.94. The normalized spacial score (nSPS) is 35.4. The van der Waals surface area contributed by atoms with Crippen molar-refractivity contribution in [3.8, 4) is 0 Å². The molecule has 0 unspecified atom stereocenters. The Morgan fingerprint density at radius 1 is 1.35 bits per heavy atom. The van der Waals surface area contributed by atoms with E-state index in [0.717, 1.165) is 0 Å². The molecule has 5 heteroatoms. The minimum atomic E-state index is -0.624. The molecule has 2 rings (SSSR count). The van der Waals surface area contributed by atoms with E-state index >= 15 is 0 Å². The standard InChI is InChI=1S/C12H18O5/c1-8(13)17-10-4-5-14-11-7-16-12(2,3)15-6-9(10)11/h4-5,9-11H,6-7H2,1-3H3/t9-,10-,11+/m1/s1. The van der Waals surface area contributed by atoms with Crippen LogP contribution in [-0.2, 0) is 23.7 Å². The lowest BCUT2D eigenvalue weighted by atomic mass is 9.95. The van der Waals surface area contributed by atoms with E-state index in [1.807, 2.05) is 13.8 Å². The zero-order valence-corrected chi connectivity index (χ0v) is 10.3. The Morgan fingerprint density at radius 3 is 2.76 bits per heavy atom. The highest BCUT2D eigenvalue weighted by atomic mass is 16.7. The Hall–Kier alpha value is -1.07. The van der Waals surface area contributed by atoms with E-state index in [9.17, 15) is 4.79 Å². The molecule has 0 aromatic rings. The topological polar surface area (TPSA) is 54.0 Å². The summed E-state index contributed by atoms with van der Waals surface area (Å²) in [4.78, 5) is 11.0. The fraction of sp³-hybridized carbons (Fsp3) is 0.750. The van der Waals surface area contributed by atoms with Crippen LogP contribution >= 0.6 is 0 Å². The monoisotopic (exact) mass is 242 g/mol. The molecule has 0 amide bonds. The molecule has 0 aromatic heterocycles. The first-order valence-electron chi connectivity index (χ1n) is 5.75. The van der Waals surface area contributed by atoms with Gasteiger partial charge in [0.05, 0.1) is 25.4 Å². The number of rotatable bonds is 1. The second-order valence-electron chi connectivity index (χ2n) is 4.76. The number of carbonyl (C=O) groups excluding carboxylic acids is 1. The Labute approximate surface area is 101 Å². The molecule has 0 N–H and O–H groups in total. The molecule has 1 saturated heterocycles. The summed E-state index contributed by atoms with van der Waals surface area (Å²) >= 11 is 0. The van der Waals surface area contributed by atoms with Gasteiger partial charge in [-0.05, 0) is 19.9 Å². The molecule has 1 fully saturated rings. The molecule has 96 valence electrons. The number of hydrogen-bond acceptors (Lipinski definition) is 5. The van der Waals surface area contributed by atoms with Crippen LogP contribution in [0.1, 0.15) is 20.8 Å². The Bertz CT molecular complexity index is 323. The highest BCUT2D eigenvalue weighted by molar-refractivity contribution is 5.66. The van der Waals surface area contributed by atoms with Gasteiger partial charge in [-0.15, -0.1) is 0 Å². The highest BCUT2D eigenvalue weighted by Crippen LogP contribution is 2.29. The van der Waals surface area contributed by atoms with Gasteiger partial charge in [-0.1, -0.05) is 0 Å². The molecule has 0 bridgehead atoms. The number of carbonyl (C=O) groups is 1. The number of fused-ring (bicyclic) bond motifs is 1. The van der Waals surface area contributed by atoms with Crippen molar-refractivity contribution < 1.29 is 23.7 Å². The molecule has 17 heavy (non-hydrogen) atoms. The summed E-state index contributed by atoms with van der Waals surface area (Å²) in [5.41, 5.74) is 0. The van der Waals surface area contributed by atoms with E-state index in [1.165, 1.54) is 6.92 Å². The lowest BCUT2D eigenvalue weighted by molar-refractivity contribution is -0.204. The molecule has 0 aromatic carbocycles. The third-order valence-electron chi connectivity index (χ3n) is 2.94. The molecule has 2 aliphatic rings. The summed E-state index contributed by atoms with van der Waals surface area (Å²) in [7, 11) is 0. The second-order valence-corrected chi connectivity index (χ2v) is 4.76. The third kappa shape index (κ3) is 2.98. The van der Waals surface area contributed by atoms with Crippen molar-refractivity contribution in [2.45, 2.75) is 38.8 Å². The molecule has 0 radical (unpaired) electrons. The van der Waals surface area contributed by atoms with Crippen molar-refractivity contribution in [1.29, 1.82) is 0 Å². The zero-order valence-electron chi connectivity index (χ0n) is 10.3. The minimum absolute atomic E-state index is 0.0225. The maximum Gasteiger partial charge on any atom is 0.303 e. The van der Waals surface area contributed by atoms with E-state index in [2.05, 4.69) is 0 Å². The van der Waals surface area contributed by atoms with Gasteiger partial charge in [-0.3, -0.25) is 4.79 Å². The van der Waals surface area contributed by atoms with Crippen molar-refractivity contribution in [2.24, 2.45) is 5.92 Å². The minimum Gasteiger partial charge on any atom is -0.495 e. The van der Waals surface area contributed by atoms with Crippen LogP contribution < -0.4 is 0 Å². The predicted molar refractivity (Wildman–Crippen MR) is 59.0 cm³/mol. The first kappa shape index (κ1) is 12.4. The van der Waals surface area contributed by atoms with Crippen LogP contribution in [0.3, 0.4) is 0 Å². The van der Waals surface area contributed by atoms with Gasteiger partial charge < -0.3 is 18.9 Å². The fourth-order valence-corrected chi connectivity index (χ4v) is 1.98. The smallest absolute Gasteiger partial charge is 0.303 e. The average Bonchev–Trinajstić information content (AvgIpc) is 2.38.